The average Bonchev–Trinajstić information content (AvgIpc) is 3.48. The summed E-state index contributed by atoms with van der Waals surface area (Å²) >= 11 is 0. The molecule has 0 aliphatic carbocycles. The van der Waals surface area contributed by atoms with Crippen LogP contribution in [0.4, 0.5) is 5.69 Å². The van der Waals surface area contributed by atoms with Crippen LogP contribution in [0, 0.1) is 0 Å². The van der Waals surface area contributed by atoms with Gasteiger partial charge in [0.15, 0.2) is 6.29 Å². The van der Waals surface area contributed by atoms with Crippen molar-refractivity contribution in [1.82, 2.24) is 15.2 Å². The Morgan fingerprint density at radius 3 is 1.96 bits per heavy atom. The molecule has 0 atom stereocenters. The zero-order valence-corrected chi connectivity index (χ0v) is 32.4. The molecular formula is C32H44N6O5Y2-2. The molecule has 240 valence electrons. The average molecular weight is 771 g/mol. The van der Waals surface area contributed by atoms with E-state index in [0.29, 0.717) is 42.3 Å². The summed E-state index contributed by atoms with van der Waals surface area (Å²) in [6, 6.07) is 13.7. The van der Waals surface area contributed by atoms with Crippen LogP contribution in [0.25, 0.3) is 21.5 Å². The van der Waals surface area contributed by atoms with Crippen molar-refractivity contribution < 1.29 is 89.3 Å². The van der Waals surface area contributed by atoms with E-state index >= 15 is 0 Å². The third kappa shape index (κ3) is 12.9. The maximum Gasteiger partial charge on any atom is 0.251 e. The van der Waals surface area contributed by atoms with Crippen LogP contribution >= 0.6 is 0 Å². The second-order valence-electron chi connectivity index (χ2n) is 10.3. The zero-order chi connectivity index (χ0) is 31.2. The van der Waals surface area contributed by atoms with Gasteiger partial charge in [-0.05, 0) is 54.1 Å². The molecule has 0 bridgehead atoms. The summed E-state index contributed by atoms with van der Waals surface area (Å²) in [7, 11) is 6.39. The summed E-state index contributed by atoms with van der Waals surface area (Å²) in [6.45, 7) is 3.41. The molecule has 4 N–H and O–H groups in total. The van der Waals surface area contributed by atoms with Gasteiger partial charge in [0.2, 0.25) is 0 Å². The van der Waals surface area contributed by atoms with Gasteiger partial charge in [-0.3, -0.25) is 14.4 Å². The molecule has 2 radical (unpaired) electrons. The quantitative estimate of drug-likeness (QED) is 0.242. The van der Waals surface area contributed by atoms with Crippen molar-refractivity contribution in [3.8, 4) is 0 Å². The molecule has 5 rings (SSSR count). The Hall–Kier alpha value is -1.56. The van der Waals surface area contributed by atoms with E-state index in [-0.39, 0.29) is 83.5 Å². The second kappa shape index (κ2) is 22.1. The van der Waals surface area contributed by atoms with Gasteiger partial charge in [0.25, 0.3) is 11.8 Å². The number of Topliss-reactive ketones (excluding diaryl/α,β-unsaturated/α-hetero) is 1. The van der Waals surface area contributed by atoms with Crippen molar-refractivity contribution in [2.75, 3.05) is 60.2 Å². The summed E-state index contributed by atoms with van der Waals surface area (Å²) in [4.78, 5) is 33.5. The maximum absolute atomic E-state index is 11.7. The molecule has 2 amide bonds. The molecule has 13 heteroatoms. The van der Waals surface area contributed by atoms with Crippen LogP contribution in [-0.4, -0.2) is 82.9 Å². The van der Waals surface area contributed by atoms with Crippen molar-refractivity contribution in [2.24, 2.45) is 0 Å². The van der Waals surface area contributed by atoms with Crippen molar-refractivity contribution >= 4 is 34.2 Å². The molecule has 2 aliphatic rings. The third-order valence-corrected chi connectivity index (χ3v) is 7.49. The minimum Gasteiger partial charge on any atom is -0.662 e. The number of nitrogens with zero attached hydrogens (tertiary/aromatic N) is 3. The molecule has 3 heterocycles. The van der Waals surface area contributed by atoms with Gasteiger partial charge in [0.05, 0.1) is 0 Å². The van der Waals surface area contributed by atoms with Gasteiger partial charge in [-0.15, -0.1) is 26.2 Å². The van der Waals surface area contributed by atoms with E-state index in [2.05, 4.69) is 38.1 Å². The van der Waals surface area contributed by atoms with Gasteiger partial charge >= 0.3 is 0 Å². The smallest absolute Gasteiger partial charge is 0.251 e. The van der Waals surface area contributed by atoms with Gasteiger partial charge < -0.3 is 41.0 Å². The number of carbonyl (C=O) groups is 3. The van der Waals surface area contributed by atoms with Crippen LogP contribution in [-0.2, 0) is 86.1 Å². The van der Waals surface area contributed by atoms with Crippen LogP contribution in [0.5, 0.6) is 0 Å². The monoisotopic (exact) mass is 770 g/mol. The predicted octanol–water partition coefficient (Wildman–Crippen LogP) is 4.22. The Bertz CT molecular complexity index is 1350. The molecule has 0 spiro atoms. The number of ketones is 1. The topological polar surface area (TPSA) is 153 Å². The van der Waals surface area contributed by atoms with Gasteiger partial charge in [0, 0.05) is 135 Å². The number of benzene rings is 2. The molecule has 2 saturated heterocycles. The van der Waals surface area contributed by atoms with Crippen LogP contribution in [0.15, 0.2) is 48.7 Å². The molecule has 0 unspecified atom stereocenters. The summed E-state index contributed by atoms with van der Waals surface area (Å²) in [6.07, 6.45) is 5.89. The summed E-state index contributed by atoms with van der Waals surface area (Å²) < 4.78 is 12.5. The fourth-order valence-corrected chi connectivity index (χ4v) is 4.92. The Kier molecular flexibility index (Phi) is 20.4. The summed E-state index contributed by atoms with van der Waals surface area (Å²) in [5, 5.41) is 14.8. The third-order valence-electron chi connectivity index (χ3n) is 7.49. The molecule has 45 heavy (non-hydrogen) atoms. The number of nitrogen functional groups attached to an aromatic ring is 1. The van der Waals surface area contributed by atoms with Crippen molar-refractivity contribution in [3.05, 3.63) is 76.0 Å². The van der Waals surface area contributed by atoms with Crippen LogP contribution in [0.3, 0.4) is 0 Å². The number of nitrogens with two attached hydrogens (primary N) is 1. The van der Waals surface area contributed by atoms with E-state index < -0.39 is 0 Å². The number of amides is 2. The molecule has 2 aromatic carbocycles. The first-order valence-electron chi connectivity index (χ1n) is 14.6. The molecule has 2 aliphatic heterocycles. The predicted molar refractivity (Wildman–Crippen MR) is 170 cm³/mol. The largest absolute Gasteiger partial charge is 0.662 e. The number of fused-ring (bicyclic) bond motifs is 1. The number of aromatic nitrogens is 1. The molecular weight excluding hydrogens is 726 g/mol. The Morgan fingerprint density at radius 1 is 0.889 bits per heavy atom. The minimum absolute atomic E-state index is 0. The number of methoxy groups -OCH3 is 2. The van der Waals surface area contributed by atoms with E-state index in [4.69, 9.17) is 15.2 Å². The van der Waals surface area contributed by atoms with Gasteiger partial charge in [-0.1, -0.05) is 25.0 Å². The van der Waals surface area contributed by atoms with Crippen molar-refractivity contribution in [1.29, 1.82) is 0 Å². The van der Waals surface area contributed by atoms with Gasteiger partial charge in [-0.2, -0.15) is 0 Å². The van der Waals surface area contributed by atoms with Crippen LogP contribution in [0.2, 0.25) is 0 Å². The number of hydrogen-bond acceptors (Lipinski definition) is 6. The fraction of sp³-hybridized carbons (Fsp3) is 0.469. The minimum atomic E-state index is -0.330. The Morgan fingerprint density at radius 2 is 1.44 bits per heavy atom. The molecule has 2 fully saturated rings. The normalized spacial score (nSPS) is 14.6. The maximum atomic E-state index is 11.7. The van der Waals surface area contributed by atoms with E-state index in [1.807, 2.05) is 24.3 Å². The van der Waals surface area contributed by atoms with Crippen LogP contribution < -0.4 is 16.4 Å². The molecule has 1 aromatic heterocycles. The number of anilines is 1. The number of ether oxygens (including phenoxy) is 2. The van der Waals surface area contributed by atoms with Crippen LogP contribution in [0.1, 0.15) is 58.0 Å². The van der Waals surface area contributed by atoms with Gasteiger partial charge in [0.1, 0.15) is 5.78 Å². The number of nitrogens with one attached hydrogen (secondary N) is 2. The van der Waals surface area contributed by atoms with E-state index in [1.165, 1.54) is 5.39 Å². The fourth-order valence-electron chi connectivity index (χ4n) is 4.92. The first kappa shape index (κ1) is 41.5. The van der Waals surface area contributed by atoms with Crippen molar-refractivity contribution in [3.63, 3.8) is 0 Å². The number of rotatable bonds is 7. The number of carbonyl (C=O) groups excluding carboxylic acids is 3. The Balaban J connectivity index is 0.000000360. The summed E-state index contributed by atoms with van der Waals surface area (Å²) in [5.74, 6) is 0.182. The molecule has 0 saturated carbocycles. The zero-order valence-electron chi connectivity index (χ0n) is 26.8. The SMILES string of the molecule is CNC(=O)c1ccc(CC(OC)OC)c(N)c1.CNC(=O)c1ccc2ccn(C3CC[N-]CC3)c2c1.O=C1CC[N-]CC1.[Y].[Y]. The van der Waals surface area contributed by atoms with E-state index in [0.717, 1.165) is 55.7 Å². The van der Waals surface area contributed by atoms with Gasteiger partial charge in [-0.25, -0.2) is 0 Å². The molecule has 11 nitrogen and oxygen atoms in total. The number of piperidine rings is 2. The molecule has 3 aromatic rings. The summed E-state index contributed by atoms with van der Waals surface area (Å²) in [5.41, 5.74) is 9.74. The Labute approximate surface area is 316 Å². The standard InChI is InChI=1S/C15H18N3O.C12H18N2O3.C5H8NO.2Y/c1-16-15(19)12-3-2-11-6-9-18(14(11)10-12)13-4-7-17-8-5-13;1-14-12(15)9-5-4-8(10(13)6-9)7-11(16-2)17-3;7-5-1-3-6-4-2-5;;/h2-3,6,9-10,13H,4-5,7-8H2,1H3,(H,16,19);4-6,11H,7,13H2,1-3H3,(H,14,15);1-4H2;;/q-1;;-1;;. The number of hydrogen-bond donors (Lipinski definition) is 3. The van der Waals surface area contributed by atoms with Crippen molar-refractivity contribution in [2.45, 2.75) is 44.4 Å². The van der Waals surface area contributed by atoms with E-state index in [1.54, 1.807) is 40.4 Å². The van der Waals surface area contributed by atoms with E-state index in [9.17, 15) is 14.4 Å². The first-order chi connectivity index (χ1) is 20.8. The first-order valence-corrected chi connectivity index (χ1v) is 14.6. The second-order valence-corrected chi connectivity index (χ2v) is 10.3.